The Morgan fingerprint density at radius 1 is 1.56 bits per heavy atom. The molecule has 0 radical (unpaired) electrons. The Kier molecular flexibility index (Phi) is 3.58. The second-order valence-corrected chi connectivity index (χ2v) is 4.39. The van der Waals surface area contributed by atoms with E-state index in [2.05, 4.69) is 10.4 Å². The van der Waals surface area contributed by atoms with Gasteiger partial charge in [0, 0.05) is 52.4 Å². The summed E-state index contributed by atoms with van der Waals surface area (Å²) in [4.78, 5) is 0. The Hall–Kier alpha value is -0.910. The van der Waals surface area contributed by atoms with Gasteiger partial charge in [-0.3, -0.25) is 4.68 Å². The minimum absolute atomic E-state index is 0.600. The van der Waals surface area contributed by atoms with E-state index in [4.69, 9.17) is 4.74 Å². The number of aryl methyl sites for hydroxylation is 1. The highest BCUT2D eigenvalue weighted by molar-refractivity contribution is 4.99. The van der Waals surface area contributed by atoms with E-state index >= 15 is 0 Å². The van der Waals surface area contributed by atoms with E-state index in [-0.39, 0.29) is 0 Å². The van der Waals surface area contributed by atoms with E-state index < -0.39 is 5.60 Å². The van der Waals surface area contributed by atoms with E-state index in [1.165, 1.54) is 0 Å². The molecule has 0 aromatic carbocycles. The van der Waals surface area contributed by atoms with E-state index in [0.29, 0.717) is 32.6 Å². The Morgan fingerprint density at radius 3 is 2.94 bits per heavy atom. The highest BCUT2D eigenvalue weighted by atomic mass is 16.5. The highest BCUT2D eigenvalue weighted by Gasteiger charge is 2.29. The third kappa shape index (κ3) is 2.81. The van der Waals surface area contributed by atoms with Gasteiger partial charge < -0.3 is 15.2 Å². The third-order valence-corrected chi connectivity index (χ3v) is 3.11. The summed E-state index contributed by atoms with van der Waals surface area (Å²) in [6.45, 7) is 2.66. The van der Waals surface area contributed by atoms with Crippen LogP contribution < -0.4 is 5.32 Å². The van der Waals surface area contributed by atoms with Crippen molar-refractivity contribution in [2.75, 3.05) is 19.8 Å². The van der Waals surface area contributed by atoms with Gasteiger partial charge in [0.2, 0.25) is 0 Å². The zero-order chi connectivity index (χ0) is 11.4. The van der Waals surface area contributed by atoms with Crippen LogP contribution in [0.15, 0.2) is 12.3 Å². The fraction of sp³-hybridized carbons (Fsp3) is 0.727. The molecule has 16 heavy (non-hydrogen) atoms. The Morgan fingerprint density at radius 2 is 2.31 bits per heavy atom. The molecular formula is C11H19N3O2. The number of rotatable bonds is 4. The lowest BCUT2D eigenvalue weighted by Crippen LogP contribution is -2.44. The molecule has 2 rings (SSSR count). The van der Waals surface area contributed by atoms with Crippen molar-refractivity contribution in [1.29, 1.82) is 0 Å². The molecule has 2 N–H and O–H groups in total. The average molecular weight is 225 g/mol. The molecule has 0 amide bonds. The van der Waals surface area contributed by atoms with Crippen molar-refractivity contribution in [2.24, 2.45) is 7.05 Å². The predicted octanol–water partition coefficient (Wildman–Crippen LogP) is 0.0512. The van der Waals surface area contributed by atoms with Gasteiger partial charge in [-0.2, -0.15) is 5.10 Å². The van der Waals surface area contributed by atoms with E-state index in [9.17, 15) is 5.11 Å². The fourth-order valence-electron chi connectivity index (χ4n) is 1.93. The van der Waals surface area contributed by atoms with Crippen LogP contribution in [-0.2, 0) is 18.3 Å². The molecule has 1 aromatic heterocycles. The molecule has 1 aliphatic heterocycles. The van der Waals surface area contributed by atoms with Gasteiger partial charge in [0.15, 0.2) is 0 Å². The lowest BCUT2D eigenvalue weighted by molar-refractivity contribution is -0.0617. The predicted molar refractivity (Wildman–Crippen MR) is 59.9 cm³/mol. The molecule has 1 saturated heterocycles. The van der Waals surface area contributed by atoms with Crippen LogP contribution in [-0.4, -0.2) is 40.2 Å². The molecule has 0 saturated carbocycles. The largest absolute Gasteiger partial charge is 0.388 e. The van der Waals surface area contributed by atoms with Gasteiger partial charge in [-0.1, -0.05) is 0 Å². The molecule has 5 heteroatoms. The van der Waals surface area contributed by atoms with Gasteiger partial charge in [-0.05, 0) is 6.07 Å². The van der Waals surface area contributed by atoms with Crippen LogP contribution in [0.4, 0.5) is 0 Å². The zero-order valence-corrected chi connectivity index (χ0v) is 9.65. The zero-order valence-electron chi connectivity index (χ0n) is 9.65. The summed E-state index contributed by atoms with van der Waals surface area (Å²) in [5, 5.41) is 17.6. The maximum absolute atomic E-state index is 10.2. The van der Waals surface area contributed by atoms with Crippen molar-refractivity contribution in [1.82, 2.24) is 15.1 Å². The van der Waals surface area contributed by atoms with Gasteiger partial charge in [-0.25, -0.2) is 0 Å². The Bertz CT molecular complexity index is 332. The maximum atomic E-state index is 10.2. The van der Waals surface area contributed by atoms with Crippen LogP contribution in [0.3, 0.4) is 0 Å². The second kappa shape index (κ2) is 4.95. The van der Waals surface area contributed by atoms with Crippen molar-refractivity contribution in [2.45, 2.75) is 25.0 Å². The summed E-state index contributed by atoms with van der Waals surface area (Å²) in [5.41, 5.74) is 0.521. The minimum Gasteiger partial charge on any atom is -0.388 e. The topological polar surface area (TPSA) is 59.3 Å². The summed E-state index contributed by atoms with van der Waals surface area (Å²) in [7, 11) is 1.92. The summed E-state index contributed by atoms with van der Waals surface area (Å²) < 4.78 is 7.07. The van der Waals surface area contributed by atoms with Crippen molar-refractivity contribution < 1.29 is 9.84 Å². The van der Waals surface area contributed by atoms with Crippen molar-refractivity contribution >= 4 is 0 Å². The molecule has 5 nitrogen and oxygen atoms in total. The van der Waals surface area contributed by atoms with Crippen LogP contribution in [0.2, 0.25) is 0 Å². The first-order valence-corrected chi connectivity index (χ1v) is 5.67. The first-order chi connectivity index (χ1) is 7.70. The Labute approximate surface area is 95.4 Å². The van der Waals surface area contributed by atoms with Crippen LogP contribution in [0.5, 0.6) is 0 Å². The molecule has 0 atom stereocenters. The lowest BCUT2D eigenvalue weighted by atomic mass is 9.94. The number of nitrogens with one attached hydrogen (secondary N) is 1. The molecule has 2 heterocycles. The van der Waals surface area contributed by atoms with Gasteiger partial charge in [-0.15, -0.1) is 0 Å². The monoisotopic (exact) mass is 225 g/mol. The molecule has 0 spiro atoms. The van der Waals surface area contributed by atoms with E-state index in [1.807, 2.05) is 17.8 Å². The number of nitrogens with zero attached hydrogens (tertiary/aromatic N) is 2. The standard InChI is InChI=1S/C11H19N3O2/c1-14-10(2-5-13-14)8-12-9-11(15)3-6-16-7-4-11/h2,5,12,15H,3-4,6-9H2,1H3. The van der Waals surface area contributed by atoms with Gasteiger partial charge in [0.05, 0.1) is 11.3 Å². The molecule has 1 aliphatic rings. The normalized spacial score (nSPS) is 19.9. The molecule has 1 fully saturated rings. The molecule has 0 bridgehead atoms. The summed E-state index contributed by atoms with van der Waals surface area (Å²) in [5.74, 6) is 0. The van der Waals surface area contributed by atoms with Crippen LogP contribution in [0, 0.1) is 0 Å². The molecular weight excluding hydrogens is 206 g/mol. The number of aromatic nitrogens is 2. The quantitative estimate of drug-likeness (QED) is 0.760. The highest BCUT2D eigenvalue weighted by Crippen LogP contribution is 2.19. The van der Waals surface area contributed by atoms with Crippen LogP contribution >= 0.6 is 0 Å². The summed E-state index contributed by atoms with van der Waals surface area (Å²) in [6.07, 6.45) is 3.21. The number of hydrogen-bond acceptors (Lipinski definition) is 4. The molecule has 0 aliphatic carbocycles. The molecule has 90 valence electrons. The number of ether oxygens (including phenoxy) is 1. The van der Waals surface area contributed by atoms with Gasteiger partial charge >= 0.3 is 0 Å². The van der Waals surface area contributed by atoms with Crippen molar-refractivity contribution in [3.8, 4) is 0 Å². The minimum atomic E-state index is -0.600. The summed E-state index contributed by atoms with van der Waals surface area (Å²) >= 11 is 0. The van der Waals surface area contributed by atoms with Gasteiger partial charge in [0.25, 0.3) is 0 Å². The molecule has 0 unspecified atom stereocenters. The lowest BCUT2D eigenvalue weighted by Gasteiger charge is -2.32. The van der Waals surface area contributed by atoms with Crippen molar-refractivity contribution in [3.63, 3.8) is 0 Å². The van der Waals surface area contributed by atoms with Crippen LogP contribution in [0.25, 0.3) is 0 Å². The smallest absolute Gasteiger partial charge is 0.0815 e. The third-order valence-electron chi connectivity index (χ3n) is 3.11. The van der Waals surface area contributed by atoms with Crippen molar-refractivity contribution in [3.05, 3.63) is 18.0 Å². The van der Waals surface area contributed by atoms with Gasteiger partial charge in [0.1, 0.15) is 0 Å². The number of aliphatic hydroxyl groups is 1. The number of hydrogen-bond donors (Lipinski definition) is 2. The summed E-state index contributed by atoms with van der Waals surface area (Å²) in [6, 6.07) is 1.97. The second-order valence-electron chi connectivity index (χ2n) is 4.39. The fourth-order valence-corrected chi connectivity index (χ4v) is 1.93. The van der Waals surface area contributed by atoms with E-state index in [1.54, 1.807) is 6.20 Å². The van der Waals surface area contributed by atoms with Crippen LogP contribution in [0.1, 0.15) is 18.5 Å². The maximum Gasteiger partial charge on any atom is 0.0815 e. The first kappa shape index (κ1) is 11.6. The SMILES string of the molecule is Cn1nccc1CNCC1(O)CCOCC1. The first-order valence-electron chi connectivity index (χ1n) is 5.67. The Balaban J connectivity index is 1.77. The average Bonchev–Trinajstić information content (AvgIpc) is 2.65. The van der Waals surface area contributed by atoms with E-state index in [0.717, 1.165) is 12.2 Å². The molecule has 1 aromatic rings.